The van der Waals surface area contributed by atoms with Crippen LogP contribution in [0.4, 0.5) is 24.5 Å². The Hall–Kier alpha value is -2.32. The number of fused-ring (bicyclic) bond motifs is 1. The molecule has 0 aliphatic carbocycles. The van der Waals surface area contributed by atoms with Crippen molar-refractivity contribution in [1.82, 2.24) is 4.90 Å². The van der Waals surface area contributed by atoms with E-state index in [0.29, 0.717) is 16.0 Å². The molecule has 1 amide bonds. The van der Waals surface area contributed by atoms with Gasteiger partial charge < -0.3 is 10.6 Å². The lowest BCUT2D eigenvalue weighted by molar-refractivity contribution is -0.384. The first-order valence-corrected chi connectivity index (χ1v) is 6.12. The first kappa shape index (κ1) is 15.1. The number of benzene rings is 1. The predicted molar refractivity (Wildman–Crippen MR) is 67.6 cm³/mol. The number of nitrogen functional groups attached to an aromatic ring is 1. The Morgan fingerprint density at radius 1 is 1.24 bits per heavy atom. The summed E-state index contributed by atoms with van der Waals surface area (Å²) in [7, 11) is 0. The van der Waals surface area contributed by atoms with Crippen molar-refractivity contribution in [3.63, 3.8) is 0 Å². The average Bonchev–Trinajstić information content (AvgIpc) is 2.57. The third-order valence-electron chi connectivity index (χ3n) is 3.38. The van der Waals surface area contributed by atoms with Crippen LogP contribution in [0.15, 0.2) is 12.1 Å². The van der Waals surface area contributed by atoms with E-state index in [4.69, 9.17) is 5.73 Å². The van der Waals surface area contributed by atoms with Crippen LogP contribution in [0, 0.1) is 10.1 Å². The highest BCUT2D eigenvalue weighted by atomic mass is 19.4. The standard InChI is InChI=1S/C12H12F3N3O3/c13-12(14,15)11(19)17-3-1-7-5-9(16)10(18(20)21)6-8(7)2-4-17/h5-6H,1-4,16H2. The van der Waals surface area contributed by atoms with Gasteiger partial charge >= 0.3 is 12.1 Å². The fourth-order valence-electron chi connectivity index (χ4n) is 2.32. The number of amides is 1. The molecule has 9 heteroatoms. The van der Waals surface area contributed by atoms with Crippen molar-refractivity contribution >= 4 is 17.3 Å². The molecule has 1 aliphatic heterocycles. The summed E-state index contributed by atoms with van der Waals surface area (Å²) in [5.41, 5.74) is 6.44. The van der Waals surface area contributed by atoms with E-state index in [1.807, 2.05) is 0 Å². The average molecular weight is 303 g/mol. The second-order valence-electron chi connectivity index (χ2n) is 4.73. The molecule has 114 valence electrons. The number of halogens is 3. The monoisotopic (exact) mass is 303 g/mol. The molecule has 0 aromatic heterocycles. The number of nitro benzene ring substituents is 1. The fourth-order valence-corrected chi connectivity index (χ4v) is 2.32. The van der Waals surface area contributed by atoms with Gasteiger partial charge in [0.05, 0.1) is 4.92 Å². The first-order valence-electron chi connectivity index (χ1n) is 6.12. The number of hydrogen-bond acceptors (Lipinski definition) is 4. The van der Waals surface area contributed by atoms with Gasteiger partial charge in [0.1, 0.15) is 5.69 Å². The van der Waals surface area contributed by atoms with Gasteiger partial charge in [0.15, 0.2) is 0 Å². The van der Waals surface area contributed by atoms with E-state index in [1.54, 1.807) is 0 Å². The molecule has 0 atom stereocenters. The van der Waals surface area contributed by atoms with Gasteiger partial charge in [-0.2, -0.15) is 13.2 Å². The van der Waals surface area contributed by atoms with Crippen molar-refractivity contribution in [1.29, 1.82) is 0 Å². The lowest BCUT2D eigenvalue weighted by Gasteiger charge is -2.21. The van der Waals surface area contributed by atoms with Gasteiger partial charge in [-0.15, -0.1) is 0 Å². The highest BCUT2D eigenvalue weighted by Gasteiger charge is 2.42. The molecule has 0 saturated heterocycles. The van der Waals surface area contributed by atoms with E-state index in [-0.39, 0.29) is 37.3 Å². The van der Waals surface area contributed by atoms with Gasteiger partial charge in [0.25, 0.3) is 5.69 Å². The topological polar surface area (TPSA) is 89.5 Å². The van der Waals surface area contributed by atoms with Gasteiger partial charge in [0.2, 0.25) is 0 Å². The van der Waals surface area contributed by atoms with E-state index in [2.05, 4.69) is 0 Å². The highest BCUT2D eigenvalue weighted by Crippen LogP contribution is 2.29. The molecule has 0 unspecified atom stereocenters. The van der Waals surface area contributed by atoms with Crippen LogP contribution < -0.4 is 5.73 Å². The summed E-state index contributed by atoms with van der Waals surface area (Å²) in [4.78, 5) is 22.1. The van der Waals surface area contributed by atoms with Crippen LogP contribution in [0.1, 0.15) is 11.1 Å². The molecular formula is C12H12F3N3O3. The Morgan fingerprint density at radius 3 is 2.24 bits per heavy atom. The Kier molecular flexibility index (Phi) is 3.75. The van der Waals surface area contributed by atoms with Gasteiger partial charge in [-0.05, 0) is 30.0 Å². The lowest BCUT2D eigenvalue weighted by Crippen LogP contribution is -2.42. The summed E-state index contributed by atoms with van der Waals surface area (Å²) >= 11 is 0. The molecule has 0 saturated carbocycles. The van der Waals surface area contributed by atoms with Crippen LogP contribution in [0.5, 0.6) is 0 Å². The van der Waals surface area contributed by atoms with E-state index in [0.717, 1.165) is 0 Å². The normalized spacial score (nSPS) is 15.3. The van der Waals surface area contributed by atoms with Gasteiger partial charge in [0, 0.05) is 19.2 Å². The molecule has 21 heavy (non-hydrogen) atoms. The number of nitrogens with zero attached hydrogens (tertiary/aromatic N) is 2. The molecule has 0 fully saturated rings. The van der Waals surface area contributed by atoms with Crippen LogP contribution in [0.2, 0.25) is 0 Å². The van der Waals surface area contributed by atoms with Crippen molar-refractivity contribution in [2.24, 2.45) is 0 Å². The summed E-state index contributed by atoms with van der Waals surface area (Å²) in [6, 6.07) is 2.67. The zero-order valence-corrected chi connectivity index (χ0v) is 10.8. The third kappa shape index (κ3) is 3.06. The number of carbonyl (C=O) groups is 1. The number of carbonyl (C=O) groups excluding carboxylic acids is 1. The molecule has 1 aromatic carbocycles. The summed E-state index contributed by atoms with van der Waals surface area (Å²) in [5, 5.41) is 10.8. The Bertz CT molecular complexity index is 601. The maximum absolute atomic E-state index is 12.4. The van der Waals surface area contributed by atoms with Crippen LogP contribution in [-0.2, 0) is 17.6 Å². The number of hydrogen-bond donors (Lipinski definition) is 1. The van der Waals surface area contributed by atoms with Crippen molar-refractivity contribution in [2.75, 3.05) is 18.8 Å². The van der Waals surface area contributed by atoms with Gasteiger partial charge in [-0.25, -0.2) is 0 Å². The van der Waals surface area contributed by atoms with Gasteiger partial charge in [-0.1, -0.05) is 0 Å². The minimum absolute atomic E-state index is 0.0330. The molecule has 1 aliphatic rings. The fraction of sp³-hybridized carbons (Fsp3) is 0.417. The second kappa shape index (κ2) is 5.23. The van der Waals surface area contributed by atoms with E-state index >= 15 is 0 Å². The SMILES string of the molecule is Nc1cc2c(cc1[N+](=O)[O-])CCN(C(=O)C(F)(F)F)CC2. The number of nitrogens with two attached hydrogens (primary N) is 1. The van der Waals surface area contributed by atoms with Crippen molar-refractivity contribution < 1.29 is 22.9 Å². The minimum atomic E-state index is -4.92. The molecule has 1 aromatic rings. The Labute approximate surface area is 117 Å². The number of alkyl halides is 3. The van der Waals surface area contributed by atoms with Gasteiger partial charge in [-0.3, -0.25) is 14.9 Å². The predicted octanol–water partition coefficient (Wildman–Crippen LogP) is 1.67. The minimum Gasteiger partial charge on any atom is -0.393 e. The smallest absolute Gasteiger partial charge is 0.393 e. The van der Waals surface area contributed by atoms with Crippen molar-refractivity contribution in [2.45, 2.75) is 19.0 Å². The van der Waals surface area contributed by atoms with Crippen LogP contribution in [-0.4, -0.2) is 35.0 Å². The lowest BCUT2D eigenvalue weighted by atomic mass is 10.0. The van der Waals surface area contributed by atoms with Crippen LogP contribution in [0.25, 0.3) is 0 Å². The second-order valence-corrected chi connectivity index (χ2v) is 4.73. The zero-order valence-electron chi connectivity index (χ0n) is 10.8. The molecule has 2 rings (SSSR count). The highest BCUT2D eigenvalue weighted by molar-refractivity contribution is 5.82. The van der Waals surface area contributed by atoms with Crippen molar-refractivity contribution in [3.05, 3.63) is 33.4 Å². The molecule has 6 nitrogen and oxygen atoms in total. The Balaban J connectivity index is 2.26. The number of anilines is 1. The first-order chi connectivity index (χ1) is 9.70. The Morgan fingerprint density at radius 2 is 1.76 bits per heavy atom. The molecule has 2 N–H and O–H groups in total. The summed E-state index contributed by atoms with van der Waals surface area (Å²) < 4.78 is 37.3. The van der Waals surface area contributed by atoms with E-state index in [9.17, 15) is 28.1 Å². The third-order valence-corrected chi connectivity index (χ3v) is 3.38. The van der Waals surface area contributed by atoms with Crippen molar-refractivity contribution in [3.8, 4) is 0 Å². The maximum Gasteiger partial charge on any atom is 0.471 e. The summed E-state index contributed by atoms with van der Waals surface area (Å²) in [5.74, 6) is -1.89. The van der Waals surface area contributed by atoms with Crippen LogP contribution >= 0.6 is 0 Å². The summed E-state index contributed by atoms with van der Waals surface area (Å²) in [6.07, 6.45) is -4.61. The largest absolute Gasteiger partial charge is 0.471 e. The molecular weight excluding hydrogens is 291 g/mol. The zero-order chi connectivity index (χ0) is 15.8. The molecule has 0 bridgehead atoms. The maximum atomic E-state index is 12.4. The molecule has 0 spiro atoms. The van der Waals surface area contributed by atoms with E-state index < -0.39 is 17.0 Å². The summed E-state index contributed by atoms with van der Waals surface area (Å²) in [6.45, 7) is -0.227. The number of rotatable bonds is 1. The van der Waals surface area contributed by atoms with Crippen LogP contribution in [0.3, 0.4) is 0 Å². The number of nitro groups is 1. The molecule has 0 radical (unpaired) electrons. The quantitative estimate of drug-likeness (QED) is 0.485. The van der Waals surface area contributed by atoms with E-state index in [1.165, 1.54) is 12.1 Å². The molecule has 1 heterocycles.